The van der Waals surface area contributed by atoms with E-state index in [0.717, 1.165) is 29.5 Å². The normalized spacial score (nSPS) is 18.5. The zero-order valence-electron chi connectivity index (χ0n) is 15.4. The fraction of sp³-hybridized carbons (Fsp3) is 0.389. The van der Waals surface area contributed by atoms with Gasteiger partial charge in [-0.05, 0) is 31.7 Å². The minimum Gasteiger partial charge on any atom is -0.334 e. The molecule has 2 aromatic heterocycles. The predicted octanol–water partition coefficient (Wildman–Crippen LogP) is 2.83. The summed E-state index contributed by atoms with van der Waals surface area (Å²) in [5, 5.41) is 11.1. The molecule has 1 fully saturated rings. The molecule has 3 aromatic rings. The lowest BCUT2D eigenvalue weighted by molar-refractivity contribution is -0.142. The van der Waals surface area contributed by atoms with Gasteiger partial charge >= 0.3 is 6.18 Å². The van der Waals surface area contributed by atoms with Crippen LogP contribution in [0.2, 0.25) is 0 Å². The first-order valence-corrected chi connectivity index (χ1v) is 8.82. The van der Waals surface area contributed by atoms with Crippen molar-refractivity contribution < 1.29 is 17.7 Å². The maximum absolute atomic E-state index is 13.9. The third-order valence-electron chi connectivity index (χ3n) is 4.77. The molecule has 1 aliphatic rings. The molecule has 0 aliphatic carbocycles. The van der Waals surface area contributed by atoms with Crippen LogP contribution in [0.1, 0.15) is 23.1 Å². The monoisotopic (exact) mass is 392 g/mol. The van der Waals surface area contributed by atoms with Gasteiger partial charge in [0.2, 0.25) is 0 Å². The first kappa shape index (κ1) is 18.6. The van der Waals surface area contributed by atoms with Crippen molar-refractivity contribution in [2.45, 2.75) is 19.1 Å². The van der Waals surface area contributed by atoms with Crippen molar-refractivity contribution in [3.63, 3.8) is 0 Å². The van der Waals surface area contributed by atoms with Gasteiger partial charge in [0, 0.05) is 19.6 Å². The number of rotatable bonds is 3. The number of aryl methyl sites for hydroxylation is 1. The molecule has 1 unspecified atom stereocenters. The molecule has 0 radical (unpaired) electrons. The Hall–Kier alpha value is -2.72. The average Bonchev–Trinajstić information content (AvgIpc) is 3.29. The molecule has 4 rings (SSSR count). The summed E-state index contributed by atoms with van der Waals surface area (Å²) in [4.78, 5) is 6.27. The molecule has 148 valence electrons. The largest absolute Gasteiger partial charge is 0.434 e. The molecule has 1 saturated heterocycles. The van der Waals surface area contributed by atoms with E-state index in [4.69, 9.17) is 4.52 Å². The zero-order chi connectivity index (χ0) is 19.9. The molecular formula is C18H19F3N6O. The fourth-order valence-electron chi connectivity index (χ4n) is 3.31. The second-order valence-corrected chi connectivity index (χ2v) is 6.81. The summed E-state index contributed by atoms with van der Waals surface area (Å²) >= 11 is 0. The molecule has 1 atom stereocenters. The molecule has 0 amide bonds. The third kappa shape index (κ3) is 3.40. The van der Waals surface area contributed by atoms with E-state index < -0.39 is 11.9 Å². The molecule has 7 nitrogen and oxygen atoms in total. The Labute approximate surface area is 159 Å². The Morgan fingerprint density at radius 3 is 2.82 bits per heavy atom. The van der Waals surface area contributed by atoms with E-state index in [2.05, 4.69) is 20.6 Å². The van der Waals surface area contributed by atoms with Gasteiger partial charge in [0.05, 0.1) is 23.5 Å². The first-order chi connectivity index (χ1) is 13.3. The minimum absolute atomic E-state index is 0.160. The Bertz CT molecular complexity index is 980. The topological polar surface area (TPSA) is 72.0 Å². The molecule has 10 heteroatoms. The summed E-state index contributed by atoms with van der Waals surface area (Å²) in [5.74, 6) is 0.154. The molecular weight excluding hydrogens is 373 g/mol. The van der Waals surface area contributed by atoms with Gasteiger partial charge < -0.3 is 9.84 Å². The van der Waals surface area contributed by atoms with Crippen molar-refractivity contribution in [1.29, 1.82) is 0 Å². The van der Waals surface area contributed by atoms with Crippen LogP contribution in [0.25, 0.3) is 17.1 Å². The lowest BCUT2D eigenvalue weighted by Gasteiger charge is -2.30. The summed E-state index contributed by atoms with van der Waals surface area (Å²) in [6.07, 6.45) is -3.53. The molecule has 0 bridgehead atoms. The Balaban J connectivity index is 1.77. The number of likely N-dealkylation sites (N-methyl/N-ethyl adjacent to an activating group) is 1. The summed E-state index contributed by atoms with van der Waals surface area (Å²) < 4.78 is 47.7. The van der Waals surface area contributed by atoms with Gasteiger partial charge in [-0.2, -0.15) is 23.3 Å². The quantitative estimate of drug-likeness (QED) is 0.739. The molecule has 1 N–H and O–H groups in total. The second kappa shape index (κ2) is 7.02. The van der Waals surface area contributed by atoms with Crippen LogP contribution < -0.4 is 5.32 Å². The van der Waals surface area contributed by atoms with Gasteiger partial charge in [-0.25, -0.2) is 4.68 Å². The summed E-state index contributed by atoms with van der Waals surface area (Å²) in [7, 11) is 1.92. The number of piperazine rings is 1. The highest BCUT2D eigenvalue weighted by Gasteiger charge is 2.41. The fourth-order valence-corrected chi connectivity index (χ4v) is 3.31. The summed E-state index contributed by atoms with van der Waals surface area (Å²) in [6, 6.07) is 6.53. The van der Waals surface area contributed by atoms with Crippen LogP contribution in [-0.4, -0.2) is 51.5 Å². The number of hydrogen-bond donors (Lipinski definition) is 1. The van der Waals surface area contributed by atoms with Crippen molar-refractivity contribution in [2.24, 2.45) is 0 Å². The number of hydrogen-bond acceptors (Lipinski definition) is 6. The zero-order valence-corrected chi connectivity index (χ0v) is 15.4. The first-order valence-electron chi connectivity index (χ1n) is 8.82. The van der Waals surface area contributed by atoms with Crippen molar-refractivity contribution in [3.05, 3.63) is 47.5 Å². The van der Waals surface area contributed by atoms with Crippen molar-refractivity contribution in [2.75, 3.05) is 26.7 Å². The number of benzene rings is 1. The number of nitrogens with zero attached hydrogens (tertiary/aromatic N) is 5. The van der Waals surface area contributed by atoms with Gasteiger partial charge in [-0.3, -0.25) is 4.90 Å². The van der Waals surface area contributed by atoms with Crippen LogP contribution in [0.5, 0.6) is 0 Å². The highest BCUT2D eigenvalue weighted by Crippen LogP contribution is 2.38. The van der Waals surface area contributed by atoms with E-state index in [0.29, 0.717) is 18.1 Å². The standard InChI is InChI=1S/C18H19F3N6O/c1-11-4-3-5-12(8-11)27-15(18(19,20)21)13(9-23-27)17-24-16(25-28-17)14-10-22-6-7-26(14)2/h3-5,8-9,14,22H,6-7,10H2,1-2H3. The maximum atomic E-state index is 13.9. The maximum Gasteiger partial charge on any atom is 0.434 e. The van der Waals surface area contributed by atoms with Crippen LogP contribution >= 0.6 is 0 Å². The lowest BCUT2D eigenvalue weighted by Crippen LogP contribution is -2.44. The van der Waals surface area contributed by atoms with Crippen LogP contribution in [0.4, 0.5) is 13.2 Å². The summed E-state index contributed by atoms with van der Waals surface area (Å²) in [5.41, 5.74) is -0.0345. The van der Waals surface area contributed by atoms with Crippen LogP contribution in [-0.2, 0) is 6.18 Å². The highest BCUT2D eigenvalue weighted by atomic mass is 19.4. The number of nitrogens with one attached hydrogen (secondary N) is 1. The number of aromatic nitrogens is 4. The van der Waals surface area contributed by atoms with Crippen molar-refractivity contribution in [3.8, 4) is 17.1 Å². The SMILES string of the molecule is Cc1cccc(-n2ncc(-c3nc(C4CNCCN4C)no3)c2C(F)(F)F)c1. The molecule has 0 spiro atoms. The Morgan fingerprint density at radius 2 is 2.11 bits per heavy atom. The Morgan fingerprint density at radius 1 is 1.29 bits per heavy atom. The van der Waals surface area contributed by atoms with E-state index in [9.17, 15) is 13.2 Å². The highest BCUT2D eigenvalue weighted by molar-refractivity contribution is 5.58. The van der Waals surface area contributed by atoms with Gasteiger partial charge in [0.25, 0.3) is 5.89 Å². The van der Waals surface area contributed by atoms with Crippen LogP contribution in [0.3, 0.4) is 0 Å². The number of halogens is 3. The van der Waals surface area contributed by atoms with E-state index in [1.807, 2.05) is 11.9 Å². The molecule has 0 saturated carbocycles. The van der Waals surface area contributed by atoms with Gasteiger partial charge in [-0.1, -0.05) is 17.3 Å². The van der Waals surface area contributed by atoms with E-state index in [-0.39, 0.29) is 17.5 Å². The van der Waals surface area contributed by atoms with Crippen LogP contribution in [0, 0.1) is 6.92 Å². The van der Waals surface area contributed by atoms with E-state index in [1.165, 1.54) is 0 Å². The van der Waals surface area contributed by atoms with Gasteiger partial charge in [0.1, 0.15) is 0 Å². The molecule has 1 aromatic carbocycles. The van der Waals surface area contributed by atoms with Gasteiger partial charge in [0.15, 0.2) is 11.5 Å². The molecule has 28 heavy (non-hydrogen) atoms. The smallest absolute Gasteiger partial charge is 0.334 e. The number of alkyl halides is 3. The third-order valence-corrected chi connectivity index (χ3v) is 4.77. The van der Waals surface area contributed by atoms with Crippen molar-refractivity contribution in [1.82, 2.24) is 30.1 Å². The molecule has 1 aliphatic heterocycles. The predicted molar refractivity (Wildman–Crippen MR) is 94.8 cm³/mol. The van der Waals surface area contributed by atoms with E-state index in [1.54, 1.807) is 31.2 Å². The summed E-state index contributed by atoms with van der Waals surface area (Å²) in [6.45, 7) is 4.02. The van der Waals surface area contributed by atoms with E-state index >= 15 is 0 Å². The lowest BCUT2D eigenvalue weighted by atomic mass is 10.2. The average molecular weight is 392 g/mol. The van der Waals surface area contributed by atoms with Crippen molar-refractivity contribution >= 4 is 0 Å². The van der Waals surface area contributed by atoms with Crippen LogP contribution in [0.15, 0.2) is 35.0 Å². The van der Waals surface area contributed by atoms with Gasteiger partial charge in [-0.15, -0.1) is 0 Å². The Kier molecular flexibility index (Phi) is 4.68. The molecule has 3 heterocycles. The minimum atomic E-state index is -4.65. The second-order valence-electron chi connectivity index (χ2n) is 6.81.